The maximum atomic E-state index is 6.72. The van der Waals surface area contributed by atoms with Crippen LogP contribution in [0.2, 0.25) is 0 Å². The van der Waals surface area contributed by atoms with Gasteiger partial charge in [-0.05, 0) is 102 Å². The zero-order chi connectivity index (χ0) is 36.4. The molecule has 0 atom stereocenters. The summed E-state index contributed by atoms with van der Waals surface area (Å²) in [4.78, 5) is 0. The molecule has 0 N–H and O–H groups in total. The lowest BCUT2D eigenvalue weighted by Crippen LogP contribution is -2.15. The van der Waals surface area contributed by atoms with Gasteiger partial charge in [0.25, 0.3) is 0 Å². The highest BCUT2D eigenvalue weighted by atomic mass is 16.3. The van der Waals surface area contributed by atoms with Crippen LogP contribution in [-0.4, -0.2) is 0 Å². The van der Waals surface area contributed by atoms with Crippen molar-refractivity contribution in [3.8, 4) is 44.5 Å². The van der Waals surface area contributed by atoms with Crippen molar-refractivity contribution in [1.29, 1.82) is 0 Å². The summed E-state index contributed by atoms with van der Waals surface area (Å²) in [5, 5.41) is 9.53. The molecule has 0 saturated heterocycles. The average molecular weight is 703 g/mol. The highest BCUT2D eigenvalue weighted by Crippen LogP contribution is 2.53. The molecule has 0 spiro atoms. The number of rotatable bonds is 3. The Kier molecular flexibility index (Phi) is 6.15. The highest BCUT2D eigenvalue weighted by molar-refractivity contribution is 6.27. The maximum Gasteiger partial charge on any atom is 0.143 e. The molecule has 12 rings (SSSR count). The molecule has 1 aliphatic carbocycles. The molecular formula is C53H34O2. The van der Waals surface area contributed by atoms with Gasteiger partial charge in [0.2, 0.25) is 0 Å². The molecule has 2 aromatic heterocycles. The summed E-state index contributed by atoms with van der Waals surface area (Å²) in [6.45, 7) is 4.74. The largest absolute Gasteiger partial charge is 0.456 e. The lowest BCUT2D eigenvalue weighted by Gasteiger charge is -2.23. The normalized spacial score (nSPS) is 13.4. The zero-order valence-electron chi connectivity index (χ0n) is 30.5. The number of furan rings is 2. The summed E-state index contributed by atoms with van der Waals surface area (Å²) < 4.78 is 13.0. The van der Waals surface area contributed by atoms with Crippen LogP contribution in [0.4, 0.5) is 0 Å². The molecule has 2 heterocycles. The van der Waals surface area contributed by atoms with Crippen molar-refractivity contribution in [2.24, 2.45) is 0 Å². The van der Waals surface area contributed by atoms with E-state index in [1.54, 1.807) is 0 Å². The van der Waals surface area contributed by atoms with Crippen molar-refractivity contribution >= 4 is 65.4 Å². The molecule has 2 heteroatoms. The summed E-state index contributed by atoms with van der Waals surface area (Å²) in [6, 6.07) is 61.7. The van der Waals surface area contributed by atoms with Crippen molar-refractivity contribution in [2.45, 2.75) is 19.3 Å². The van der Waals surface area contributed by atoms with Crippen LogP contribution in [0, 0.1) is 0 Å². The molecule has 258 valence electrons. The Morgan fingerprint density at radius 1 is 0.345 bits per heavy atom. The van der Waals surface area contributed by atoms with Crippen LogP contribution >= 0.6 is 0 Å². The number of hydrogen-bond acceptors (Lipinski definition) is 2. The minimum atomic E-state index is -0.173. The van der Waals surface area contributed by atoms with Crippen LogP contribution in [0.1, 0.15) is 25.0 Å². The topological polar surface area (TPSA) is 26.3 Å². The molecule has 55 heavy (non-hydrogen) atoms. The summed E-state index contributed by atoms with van der Waals surface area (Å²) >= 11 is 0. The molecule has 0 saturated carbocycles. The van der Waals surface area contributed by atoms with Crippen LogP contribution in [0.5, 0.6) is 0 Å². The quantitative estimate of drug-likeness (QED) is 0.171. The lowest BCUT2D eigenvalue weighted by molar-refractivity contribution is 0.660. The van der Waals surface area contributed by atoms with Crippen molar-refractivity contribution < 1.29 is 8.83 Å². The van der Waals surface area contributed by atoms with Crippen LogP contribution in [0.3, 0.4) is 0 Å². The zero-order valence-corrected chi connectivity index (χ0v) is 30.5. The molecule has 11 aromatic rings. The Bertz CT molecular complexity index is 3340. The van der Waals surface area contributed by atoms with E-state index >= 15 is 0 Å². The first-order valence-corrected chi connectivity index (χ1v) is 19.1. The molecule has 2 nitrogen and oxygen atoms in total. The molecule has 0 radical (unpaired) electrons. The molecule has 0 bridgehead atoms. The fraction of sp³-hybridized carbons (Fsp3) is 0.0566. The Labute approximate surface area is 317 Å². The summed E-state index contributed by atoms with van der Waals surface area (Å²) in [7, 11) is 0. The van der Waals surface area contributed by atoms with E-state index in [0.29, 0.717) is 0 Å². The van der Waals surface area contributed by atoms with Crippen molar-refractivity contribution in [1.82, 2.24) is 0 Å². The van der Waals surface area contributed by atoms with Crippen LogP contribution in [-0.2, 0) is 5.41 Å². The predicted octanol–water partition coefficient (Wildman–Crippen LogP) is 15.1. The fourth-order valence-electron chi connectivity index (χ4n) is 9.76. The van der Waals surface area contributed by atoms with Gasteiger partial charge in [-0.3, -0.25) is 0 Å². The predicted molar refractivity (Wildman–Crippen MR) is 230 cm³/mol. The van der Waals surface area contributed by atoms with Gasteiger partial charge in [-0.1, -0.05) is 153 Å². The van der Waals surface area contributed by atoms with E-state index in [-0.39, 0.29) is 5.41 Å². The molecule has 0 fully saturated rings. The van der Waals surface area contributed by atoms with Gasteiger partial charge in [-0.15, -0.1) is 0 Å². The summed E-state index contributed by atoms with van der Waals surface area (Å²) in [5.74, 6) is 0. The number of benzene rings is 9. The summed E-state index contributed by atoms with van der Waals surface area (Å²) in [6.07, 6.45) is 0. The highest BCUT2D eigenvalue weighted by Gasteiger charge is 2.36. The fourth-order valence-corrected chi connectivity index (χ4v) is 9.76. The Morgan fingerprint density at radius 3 is 1.65 bits per heavy atom. The lowest BCUT2D eigenvalue weighted by atomic mass is 9.80. The first kappa shape index (κ1) is 30.6. The van der Waals surface area contributed by atoms with E-state index in [1.807, 2.05) is 24.3 Å². The van der Waals surface area contributed by atoms with Crippen LogP contribution < -0.4 is 0 Å². The molecular weight excluding hydrogens is 669 g/mol. The van der Waals surface area contributed by atoms with E-state index in [4.69, 9.17) is 8.83 Å². The first-order chi connectivity index (χ1) is 27.0. The van der Waals surface area contributed by atoms with E-state index < -0.39 is 0 Å². The van der Waals surface area contributed by atoms with Gasteiger partial charge in [0, 0.05) is 32.5 Å². The van der Waals surface area contributed by atoms with E-state index in [9.17, 15) is 0 Å². The summed E-state index contributed by atoms with van der Waals surface area (Å²) in [5.41, 5.74) is 16.0. The second-order valence-corrected chi connectivity index (χ2v) is 15.5. The third-order valence-corrected chi connectivity index (χ3v) is 12.3. The van der Waals surface area contributed by atoms with Gasteiger partial charge in [0.15, 0.2) is 0 Å². The second-order valence-electron chi connectivity index (χ2n) is 15.5. The molecule has 0 unspecified atom stereocenters. The third kappa shape index (κ3) is 4.20. The monoisotopic (exact) mass is 702 g/mol. The van der Waals surface area contributed by atoms with Gasteiger partial charge in [-0.25, -0.2) is 0 Å². The SMILES string of the molecule is CC1(C)c2ccc(-c3cccc4c3oc3ccc5oc6ccccc6c5c34)cc2-c2ccc(-c3c4ccccc4c(-c4ccccc4)c4ccccc34)cc21. The van der Waals surface area contributed by atoms with Gasteiger partial charge in [-0.2, -0.15) is 0 Å². The number of para-hydroxylation sites is 2. The van der Waals surface area contributed by atoms with Gasteiger partial charge in [0.1, 0.15) is 22.3 Å². The van der Waals surface area contributed by atoms with E-state index in [0.717, 1.165) is 55.0 Å². The Hall–Kier alpha value is -6.90. The van der Waals surface area contributed by atoms with E-state index in [1.165, 1.54) is 66.1 Å². The van der Waals surface area contributed by atoms with Crippen LogP contribution in [0.15, 0.2) is 179 Å². The smallest absolute Gasteiger partial charge is 0.143 e. The Morgan fingerprint density at radius 2 is 0.927 bits per heavy atom. The molecule has 0 aliphatic heterocycles. The maximum absolute atomic E-state index is 6.72. The van der Waals surface area contributed by atoms with E-state index in [2.05, 4.69) is 159 Å². The molecule has 1 aliphatic rings. The second kappa shape index (κ2) is 11.1. The minimum Gasteiger partial charge on any atom is -0.456 e. The third-order valence-electron chi connectivity index (χ3n) is 12.3. The van der Waals surface area contributed by atoms with Gasteiger partial charge in [0.05, 0.1) is 0 Å². The number of hydrogen-bond donors (Lipinski definition) is 0. The van der Waals surface area contributed by atoms with Crippen molar-refractivity contribution in [3.05, 3.63) is 181 Å². The molecule has 0 amide bonds. The standard InChI is InChI=1S/C53H34O2/c1-53(2)43-26-24-32(34-20-12-21-41-51-47(55-52(34)41)28-27-46-50(51)40-19-10-11-22-45(40)54-46)29-42(43)35-25-23-33(30-44(35)53)49-38-17-8-6-15-36(38)48(31-13-4-3-5-14-31)37-16-7-9-18-39(37)49/h3-30H,1-2H3. The van der Waals surface area contributed by atoms with Crippen LogP contribution in [0.25, 0.3) is 110 Å². The molecule has 9 aromatic carbocycles. The first-order valence-electron chi connectivity index (χ1n) is 19.1. The average Bonchev–Trinajstić information content (AvgIpc) is 3.87. The van der Waals surface area contributed by atoms with Gasteiger partial charge < -0.3 is 8.83 Å². The minimum absolute atomic E-state index is 0.173. The number of fused-ring (bicyclic) bond motifs is 12. The van der Waals surface area contributed by atoms with Crippen molar-refractivity contribution in [3.63, 3.8) is 0 Å². The Balaban J connectivity index is 1.04. The van der Waals surface area contributed by atoms with Crippen molar-refractivity contribution in [2.75, 3.05) is 0 Å². The van der Waals surface area contributed by atoms with Gasteiger partial charge >= 0.3 is 0 Å².